The highest BCUT2D eigenvalue weighted by Crippen LogP contribution is 2.47. The minimum absolute atomic E-state index is 0.166. The van der Waals surface area contributed by atoms with Gasteiger partial charge in [-0.05, 0) is 31.4 Å². The average Bonchev–Trinajstić information content (AvgIpc) is 3.37. The molecule has 0 aromatic heterocycles. The molecule has 2 aliphatic rings. The number of hydrogen-bond acceptors (Lipinski definition) is 4. The molecule has 6 heteroatoms. The number of anilines is 1. The molecule has 0 spiro atoms. The number of carbonyl (C=O) groups excluding carboxylic acids is 2. The van der Waals surface area contributed by atoms with Crippen LogP contribution in [0.2, 0.25) is 0 Å². The zero-order valence-corrected chi connectivity index (χ0v) is 13.3. The van der Waals surface area contributed by atoms with Crippen LogP contribution in [0.15, 0.2) is 18.2 Å². The summed E-state index contributed by atoms with van der Waals surface area (Å²) in [6.45, 7) is 3.70. The molecule has 0 atom stereocenters. The molecule has 1 aromatic rings. The summed E-state index contributed by atoms with van der Waals surface area (Å²) in [5.74, 6) is 0.878. The molecular weight excluding hydrogens is 296 g/mol. The van der Waals surface area contributed by atoms with Crippen molar-refractivity contribution in [2.45, 2.75) is 32.6 Å². The highest BCUT2D eigenvalue weighted by Gasteiger charge is 2.56. The molecule has 6 nitrogen and oxygen atoms in total. The summed E-state index contributed by atoms with van der Waals surface area (Å²) in [6.07, 6.45) is 3.13. The third kappa shape index (κ3) is 3.25. The van der Waals surface area contributed by atoms with E-state index >= 15 is 0 Å². The smallest absolute Gasteiger partial charge is 0.240 e. The number of hydrogen-bond donors (Lipinski definition) is 2. The molecule has 2 amide bonds. The maximum Gasteiger partial charge on any atom is 0.240 e. The quantitative estimate of drug-likeness (QED) is 0.622. The van der Waals surface area contributed by atoms with Crippen molar-refractivity contribution in [3.8, 4) is 11.5 Å². The van der Waals surface area contributed by atoms with Gasteiger partial charge in [0.05, 0.1) is 0 Å². The number of nitrogens with one attached hydrogen (secondary N) is 2. The Labute approximate surface area is 135 Å². The van der Waals surface area contributed by atoms with E-state index in [0.717, 1.165) is 12.8 Å². The van der Waals surface area contributed by atoms with E-state index < -0.39 is 5.41 Å². The molecule has 0 bridgehead atoms. The summed E-state index contributed by atoms with van der Waals surface area (Å²) >= 11 is 0. The Bertz CT molecular complexity index is 611. The first-order chi connectivity index (χ1) is 11.2. The van der Waals surface area contributed by atoms with Gasteiger partial charge >= 0.3 is 0 Å². The van der Waals surface area contributed by atoms with E-state index in [2.05, 4.69) is 17.6 Å². The summed E-state index contributed by atoms with van der Waals surface area (Å²) in [4.78, 5) is 24.7. The van der Waals surface area contributed by atoms with Gasteiger partial charge in [-0.25, -0.2) is 0 Å². The third-order valence-electron chi connectivity index (χ3n) is 4.24. The number of ether oxygens (including phenoxy) is 2. The molecule has 0 saturated heterocycles. The summed E-state index contributed by atoms with van der Waals surface area (Å²) < 4.78 is 11.0. The number of unbranched alkanes of at least 4 members (excludes halogenated alkanes) is 1. The van der Waals surface area contributed by atoms with Crippen LogP contribution in [-0.2, 0) is 9.59 Å². The number of fused-ring (bicyclic) bond motifs is 1. The fraction of sp³-hybridized carbons (Fsp3) is 0.529. The Balaban J connectivity index is 1.63. The van der Waals surface area contributed by atoms with Crippen molar-refractivity contribution >= 4 is 17.5 Å². The van der Waals surface area contributed by atoms with Crippen LogP contribution < -0.4 is 20.1 Å². The van der Waals surface area contributed by atoms with E-state index in [4.69, 9.17) is 9.47 Å². The van der Waals surface area contributed by atoms with E-state index in [1.807, 2.05) is 0 Å². The molecule has 0 unspecified atom stereocenters. The van der Waals surface area contributed by atoms with Crippen LogP contribution in [0.1, 0.15) is 32.6 Å². The van der Waals surface area contributed by atoms with E-state index in [9.17, 15) is 9.59 Å². The Morgan fingerprint density at radius 2 is 1.87 bits per heavy atom. The van der Waals surface area contributed by atoms with Gasteiger partial charge in [-0.3, -0.25) is 9.59 Å². The van der Waals surface area contributed by atoms with Crippen LogP contribution in [0.5, 0.6) is 11.5 Å². The van der Waals surface area contributed by atoms with Crippen molar-refractivity contribution in [3.05, 3.63) is 18.2 Å². The molecule has 3 rings (SSSR count). The zero-order chi connectivity index (χ0) is 16.3. The normalized spacial score (nSPS) is 17.3. The van der Waals surface area contributed by atoms with Gasteiger partial charge in [-0.2, -0.15) is 0 Å². The maximum atomic E-state index is 12.5. The largest absolute Gasteiger partial charge is 0.486 e. The molecule has 2 N–H and O–H groups in total. The first kappa shape index (κ1) is 15.6. The predicted octanol–water partition coefficient (Wildman–Crippen LogP) is 2.09. The minimum Gasteiger partial charge on any atom is -0.486 e. The fourth-order valence-corrected chi connectivity index (χ4v) is 2.60. The zero-order valence-electron chi connectivity index (χ0n) is 13.3. The van der Waals surface area contributed by atoms with Gasteiger partial charge < -0.3 is 20.1 Å². The second kappa shape index (κ2) is 6.48. The number of amides is 2. The van der Waals surface area contributed by atoms with Gasteiger partial charge in [-0.15, -0.1) is 0 Å². The molecule has 1 heterocycles. The van der Waals surface area contributed by atoms with Crippen molar-refractivity contribution in [2.24, 2.45) is 5.41 Å². The van der Waals surface area contributed by atoms with Crippen molar-refractivity contribution < 1.29 is 19.1 Å². The van der Waals surface area contributed by atoms with Gasteiger partial charge in [0.15, 0.2) is 11.5 Å². The lowest BCUT2D eigenvalue weighted by atomic mass is 10.0. The van der Waals surface area contributed by atoms with Gasteiger partial charge in [0.25, 0.3) is 0 Å². The van der Waals surface area contributed by atoms with Crippen molar-refractivity contribution in [3.63, 3.8) is 0 Å². The molecule has 124 valence electrons. The molecule has 23 heavy (non-hydrogen) atoms. The highest BCUT2D eigenvalue weighted by atomic mass is 16.6. The molecule has 1 fully saturated rings. The van der Waals surface area contributed by atoms with E-state index in [0.29, 0.717) is 49.8 Å². The van der Waals surface area contributed by atoms with Gasteiger partial charge in [0, 0.05) is 18.3 Å². The molecule has 1 aliphatic carbocycles. The highest BCUT2D eigenvalue weighted by molar-refractivity contribution is 6.13. The van der Waals surface area contributed by atoms with Gasteiger partial charge in [-0.1, -0.05) is 13.3 Å². The van der Waals surface area contributed by atoms with Crippen molar-refractivity contribution in [1.29, 1.82) is 0 Å². The number of carbonyl (C=O) groups is 2. The molecule has 0 radical (unpaired) electrons. The van der Waals surface area contributed by atoms with Crippen LogP contribution >= 0.6 is 0 Å². The lowest BCUT2D eigenvalue weighted by Gasteiger charge is -2.20. The van der Waals surface area contributed by atoms with Gasteiger partial charge in [0.2, 0.25) is 11.8 Å². The Morgan fingerprint density at radius 3 is 2.57 bits per heavy atom. The predicted molar refractivity (Wildman–Crippen MR) is 85.6 cm³/mol. The second-order valence-electron chi connectivity index (χ2n) is 6.00. The summed E-state index contributed by atoms with van der Waals surface area (Å²) in [5.41, 5.74) is -0.284. The van der Waals surface area contributed by atoms with E-state index in [-0.39, 0.29) is 11.8 Å². The fourth-order valence-electron chi connectivity index (χ4n) is 2.60. The second-order valence-corrected chi connectivity index (χ2v) is 6.00. The Hall–Kier alpha value is -2.24. The molecular formula is C17H22N2O4. The summed E-state index contributed by atoms with van der Waals surface area (Å²) in [6, 6.07) is 5.26. The first-order valence-corrected chi connectivity index (χ1v) is 8.15. The van der Waals surface area contributed by atoms with E-state index in [1.54, 1.807) is 18.2 Å². The minimum atomic E-state index is -0.902. The number of benzene rings is 1. The van der Waals surface area contributed by atoms with Crippen LogP contribution in [0.4, 0.5) is 5.69 Å². The molecule has 1 aromatic carbocycles. The van der Waals surface area contributed by atoms with Crippen LogP contribution in [0, 0.1) is 5.41 Å². The number of rotatable bonds is 6. The first-order valence-electron chi connectivity index (χ1n) is 8.15. The maximum absolute atomic E-state index is 12.5. The lowest BCUT2D eigenvalue weighted by Crippen LogP contribution is -2.40. The van der Waals surface area contributed by atoms with Gasteiger partial charge in [0.1, 0.15) is 18.6 Å². The van der Waals surface area contributed by atoms with Crippen LogP contribution in [0.25, 0.3) is 0 Å². The Morgan fingerprint density at radius 1 is 1.13 bits per heavy atom. The van der Waals surface area contributed by atoms with E-state index in [1.165, 1.54) is 0 Å². The van der Waals surface area contributed by atoms with Crippen molar-refractivity contribution in [2.75, 3.05) is 25.1 Å². The molecule has 1 aliphatic heterocycles. The topological polar surface area (TPSA) is 76.7 Å². The lowest BCUT2D eigenvalue weighted by molar-refractivity contribution is -0.134. The third-order valence-corrected chi connectivity index (χ3v) is 4.24. The summed E-state index contributed by atoms with van der Waals surface area (Å²) in [7, 11) is 0. The monoisotopic (exact) mass is 318 g/mol. The van der Waals surface area contributed by atoms with Crippen LogP contribution in [0.3, 0.4) is 0 Å². The standard InChI is InChI=1S/C17H22N2O4/c1-2-3-8-18-15(20)17(6-7-17)16(21)19-12-4-5-13-14(11-12)23-10-9-22-13/h4-5,11H,2-3,6-10H2,1H3,(H,18,20)(H,19,21). The van der Waals surface area contributed by atoms with Crippen molar-refractivity contribution in [1.82, 2.24) is 5.32 Å². The molecule has 1 saturated carbocycles. The Kier molecular flexibility index (Phi) is 4.41. The SMILES string of the molecule is CCCCNC(=O)C1(C(=O)Nc2ccc3c(c2)OCCO3)CC1. The average molecular weight is 318 g/mol. The van der Waals surface area contributed by atoms with Crippen LogP contribution in [-0.4, -0.2) is 31.6 Å². The summed E-state index contributed by atoms with van der Waals surface area (Å²) in [5, 5.41) is 5.69.